The third-order valence-electron chi connectivity index (χ3n) is 4.42. The number of hydrogen-bond donors (Lipinski definition) is 0. The normalized spacial score (nSPS) is 20.9. The van der Waals surface area contributed by atoms with E-state index in [1.807, 2.05) is 0 Å². The lowest BCUT2D eigenvalue weighted by molar-refractivity contribution is -0.117. The second-order valence-corrected chi connectivity index (χ2v) is 6.83. The number of halogens is 1. The molecule has 2 aromatic carbocycles. The minimum absolute atomic E-state index is 0.289. The lowest BCUT2D eigenvalue weighted by Gasteiger charge is -2.31. The Kier molecular flexibility index (Phi) is 4.25. The molecule has 21 heavy (non-hydrogen) atoms. The topological polar surface area (TPSA) is 17.1 Å². The van der Waals surface area contributed by atoms with Gasteiger partial charge in [-0.1, -0.05) is 52.3 Å². The van der Waals surface area contributed by atoms with Gasteiger partial charge in [0.05, 0.1) is 0 Å². The largest absolute Gasteiger partial charge is 0.300 e. The molecule has 0 bridgehead atoms. The minimum Gasteiger partial charge on any atom is -0.300 e. The van der Waals surface area contributed by atoms with Gasteiger partial charge in [-0.25, -0.2) is 0 Å². The van der Waals surface area contributed by atoms with Gasteiger partial charge in [0.15, 0.2) is 0 Å². The smallest absolute Gasteiger partial charge is 0.130 e. The summed E-state index contributed by atoms with van der Waals surface area (Å²) in [7, 11) is 0. The molecule has 1 aliphatic carbocycles. The third-order valence-corrected chi connectivity index (χ3v) is 4.95. The Balaban J connectivity index is 1.97. The van der Waals surface area contributed by atoms with Crippen molar-refractivity contribution in [1.82, 2.24) is 0 Å². The van der Waals surface area contributed by atoms with Crippen LogP contribution in [0, 0.1) is 0 Å². The number of benzene rings is 2. The first kappa shape index (κ1) is 14.5. The zero-order valence-corrected chi connectivity index (χ0v) is 13.8. The van der Waals surface area contributed by atoms with Gasteiger partial charge in [-0.15, -0.1) is 0 Å². The summed E-state index contributed by atoms with van der Waals surface area (Å²) in [5.74, 6) is 1.14. The predicted molar refractivity (Wildman–Crippen MR) is 89.7 cm³/mol. The molecule has 0 heterocycles. The van der Waals surface area contributed by atoms with E-state index in [1.165, 1.54) is 16.7 Å². The van der Waals surface area contributed by atoms with Gasteiger partial charge in [0.2, 0.25) is 0 Å². The third kappa shape index (κ3) is 3.11. The first-order chi connectivity index (χ1) is 10.1. The van der Waals surface area contributed by atoms with Crippen molar-refractivity contribution in [3.05, 3.63) is 69.7 Å². The Hall–Kier alpha value is -1.41. The second kappa shape index (κ2) is 6.15. The van der Waals surface area contributed by atoms with Gasteiger partial charge < -0.3 is 4.79 Å². The van der Waals surface area contributed by atoms with Crippen molar-refractivity contribution in [2.24, 2.45) is 0 Å². The highest BCUT2D eigenvalue weighted by molar-refractivity contribution is 9.10. The summed E-state index contributed by atoms with van der Waals surface area (Å²) in [5, 5.41) is 0. The first-order valence-electron chi connectivity index (χ1n) is 7.49. The van der Waals surface area contributed by atoms with E-state index in [1.54, 1.807) is 6.92 Å². The van der Waals surface area contributed by atoms with Gasteiger partial charge in [-0.2, -0.15) is 0 Å². The van der Waals surface area contributed by atoms with E-state index in [0.717, 1.165) is 17.3 Å². The summed E-state index contributed by atoms with van der Waals surface area (Å²) in [5.41, 5.74) is 4.14. The molecule has 0 radical (unpaired) electrons. The summed E-state index contributed by atoms with van der Waals surface area (Å²) >= 11 is 3.50. The van der Waals surface area contributed by atoms with Crippen molar-refractivity contribution in [3.63, 3.8) is 0 Å². The van der Waals surface area contributed by atoms with Crippen LogP contribution in [-0.2, 0) is 4.79 Å². The van der Waals surface area contributed by atoms with Crippen molar-refractivity contribution in [1.29, 1.82) is 0 Å². The summed E-state index contributed by atoms with van der Waals surface area (Å²) in [6.45, 7) is 1.70. The maximum absolute atomic E-state index is 11.5. The van der Waals surface area contributed by atoms with Crippen LogP contribution in [0.1, 0.15) is 54.7 Å². The van der Waals surface area contributed by atoms with Gasteiger partial charge in [0, 0.05) is 16.8 Å². The highest BCUT2D eigenvalue weighted by Gasteiger charge is 2.28. The number of carbonyl (C=O) groups excluding carboxylic acids is 1. The van der Waals surface area contributed by atoms with Crippen LogP contribution in [-0.4, -0.2) is 5.78 Å². The molecule has 0 saturated heterocycles. The molecule has 0 fully saturated rings. The zero-order valence-electron chi connectivity index (χ0n) is 12.2. The van der Waals surface area contributed by atoms with E-state index in [0.29, 0.717) is 18.3 Å². The van der Waals surface area contributed by atoms with Crippen molar-refractivity contribution in [2.45, 2.75) is 38.0 Å². The fourth-order valence-corrected chi connectivity index (χ4v) is 3.74. The summed E-state index contributed by atoms with van der Waals surface area (Å²) in [4.78, 5) is 11.5. The molecular formula is C19H19BrO. The molecule has 1 aliphatic rings. The maximum atomic E-state index is 11.5. The zero-order chi connectivity index (χ0) is 14.8. The Labute approximate surface area is 134 Å². The van der Waals surface area contributed by atoms with Crippen LogP contribution in [0.2, 0.25) is 0 Å². The molecule has 0 aromatic heterocycles. The van der Waals surface area contributed by atoms with Crippen LogP contribution in [0.15, 0.2) is 53.0 Å². The summed E-state index contributed by atoms with van der Waals surface area (Å²) in [6, 6.07) is 17.3. The molecule has 2 atom stereocenters. The Morgan fingerprint density at radius 2 is 1.71 bits per heavy atom. The SMILES string of the molecule is CC(=O)CC1CCC(c2ccc(Br)cc2)c2ccccc21. The average molecular weight is 343 g/mol. The van der Waals surface area contributed by atoms with Crippen LogP contribution in [0.3, 0.4) is 0 Å². The molecule has 2 heteroatoms. The van der Waals surface area contributed by atoms with Crippen LogP contribution < -0.4 is 0 Å². The van der Waals surface area contributed by atoms with Gasteiger partial charge in [0.1, 0.15) is 5.78 Å². The molecule has 2 unspecified atom stereocenters. The van der Waals surface area contributed by atoms with E-state index < -0.39 is 0 Å². The Morgan fingerprint density at radius 1 is 1.05 bits per heavy atom. The first-order valence-corrected chi connectivity index (χ1v) is 8.28. The van der Waals surface area contributed by atoms with E-state index in [-0.39, 0.29) is 5.78 Å². The Morgan fingerprint density at radius 3 is 2.38 bits per heavy atom. The van der Waals surface area contributed by atoms with Crippen molar-refractivity contribution >= 4 is 21.7 Å². The van der Waals surface area contributed by atoms with E-state index in [4.69, 9.17) is 0 Å². The number of hydrogen-bond acceptors (Lipinski definition) is 1. The molecule has 108 valence electrons. The van der Waals surface area contributed by atoms with E-state index in [2.05, 4.69) is 64.5 Å². The second-order valence-electron chi connectivity index (χ2n) is 5.91. The molecule has 0 saturated carbocycles. The molecule has 1 nitrogen and oxygen atoms in total. The number of rotatable bonds is 3. The maximum Gasteiger partial charge on any atom is 0.130 e. The van der Waals surface area contributed by atoms with Gasteiger partial charge >= 0.3 is 0 Å². The highest BCUT2D eigenvalue weighted by Crippen LogP contribution is 2.43. The fourth-order valence-electron chi connectivity index (χ4n) is 3.48. The lowest BCUT2D eigenvalue weighted by Crippen LogP contribution is -2.17. The number of carbonyl (C=O) groups is 1. The van der Waals surface area contributed by atoms with Crippen LogP contribution in [0.4, 0.5) is 0 Å². The summed E-state index contributed by atoms with van der Waals surface area (Å²) < 4.78 is 1.12. The van der Waals surface area contributed by atoms with Crippen LogP contribution in [0.5, 0.6) is 0 Å². The van der Waals surface area contributed by atoms with Gasteiger partial charge in [0.25, 0.3) is 0 Å². The molecule has 0 spiro atoms. The molecule has 0 amide bonds. The fraction of sp³-hybridized carbons (Fsp3) is 0.316. The number of Topliss-reactive ketones (excluding diaryl/α,β-unsaturated/α-hetero) is 1. The van der Waals surface area contributed by atoms with Crippen LogP contribution in [0.25, 0.3) is 0 Å². The van der Waals surface area contributed by atoms with Crippen molar-refractivity contribution in [3.8, 4) is 0 Å². The van der Waals surface area contributed by atoms with Crippen molar-refractivity contribution in [2.75, 3.05) is 0 Å². The summed E-state index contributed by atoms with van der Waals surface area (Å²) in [6.07, 6.45) is 2.89. The molecule has 3 rings (SSSR count). The highest BCUT2D eigenvalue weighted by atomic mass is 79.9. The quantitative estimate of drug-likeness (QED) is 0.725. The van der Waals surface area contributed by atoms with Crippen molar-refractivity contribution < 1.29 is 4.79 Å². The molecule has 2 aromatic rings. The van der Waals surface area contributed by atoms with E-state index >= 15 is 0 Å². The van der Waals surface area contributed by atoms with Gasteiger partial charge in [-0.05, 0) is 54.5 Å². The molecular weight excluding hydrogens is 324 g/mol. The number of ketones is 1. The van der Waals surface area contributed by atoms with Gasteiger partial charge in [-0.3, -0.25) is 0 Å². The predicted octanol–water partition coefficient (Wildman–Crippen LogP) is 5.44. The molecule has 0 aliphatic heterocycles. The molecule has 0 N–H and O–H groups in total. The van der Waals surface area contributed by atoms with E-state index in [9.17, 15) is 4.79 Å². The average Bonchev–Trinajstić information content (AvgIpc) is 2.48. The monoisotopic (exact) mass is 342 g/mol. The Bertz CT molecular complexity index is 645. The number of fused-ring (bicyclic) bond motifs is 1. The minimum atomic E-state index is 0.289. The lowest BCUT2D eigenvalue weighted by atomic mass is 9.73. The van der Waals surface area contributed by atoms with Crippen LogP contribution >= 0.6 is 15.9 Å². The standard InChI is InChI=1S/C19H19BrO/c1-13(21)12-15-8-11-18(14-6-9-16(20)10-7-14)19-5-3-2-4-17(15)19/h2-7,9-10,15,18H,8,11-12H2,1H3.